The van der Waals surface area contributed by atoms with E-state index in [1.165, 1.54) is 48.3 Å². The molecule has 2 N–H and O–H groups in total. The molecule has 0 bridgehead atoms. The minimum Gasteiger partial charge on any atom is -0.303 e. The number of nitrogens with zero attached hydrogens (tertiary/aromatic N) is 1. The van der Waals surface area contributed by atoms with Crippen LogP contribution in [0, 0.1) is 5.92 Å². The average molecular weight is 439 g/mol. The molecule has 166 valence electrons. The van der Waals surface area contributed by atoms with Crippen LogP contribution in [0.5, 0.6) is 0 Å². The van der Waals surface area contributed by atoms with E-state index in [1.807, 2.05) is 0 Å². The lowest BCUT2D eigenvalue weighted by atomic mass is 9.79. The SMILES string of the molecule is NS(=O)(=O)C1(CCc2ccc3c(c2)C(Cc2ccccc2)C(CN2CCC2)C3)CCC1. The van der Waals surface area contributed by atoms with Crippen molar-refractivity contribution in [3.8, 4) is 0 Å². The molecule has 5 rings (SSSR count). The fourth-order valence-electron chi connectivity index (χ4n) is 5.86. The van der Waals surface area contributed by atoms with Crippen molar-refractivity contribution in [1.29, 1.82) is 0 Å². The monoisotopic (exact) mass is 438 g/mol. The number of fused-ring (bicyclic) bond motifs is 1. The van der Waals surface area contributed by atoms with E-state index in [9.17, 15) is 8.42 Å². The standard InChI is InChI=1S/C26H34N2O2S/c27-31(29,30)26(11-4-12-26)13-10-21-8-9-22-18-23(19-28-14-5-15-28)25(24(22)17-21)16-20-6-2-1-3-7-20/h1-3,6-9,17,23,25H,4-5,10-16,18-19H2,(H2,27,29,30). The zero-order valence-corrected chi connectivity index (χ0v) is 19.1. The first-order valence-electron chi connectivity index (χ1n) is 11.8. The molecule has 3 aliphatic rings. The minimum atomic E-state index is -3.49. The normalized spacial score (nSPS) is 24.9. The van der Waals surface area contributed by atoms with Gasteiger partial charge in [0.25, 0.3) is 0 Å². The van der Waals surface area contributed by atoms with E-state index < -0.39 is 14.8 Å². The number of likely N-dealkylation sites (tertiary alicyclic amines) is 1. The molecule has 5 heteroatoms. The predicted molar refractivity (Wildman–Crippen MR) is 126 cm³/mol. The van der Waals surface area contributed by atoms with Gasteiger partial charge < -0.3 is 4.90 Å². The molecule has 0 spiro atoms. The molecule has 0 amide bonds. The first-order valence-corrected chi connectivity index (χ1v) is 13.4. The molecule has 0 aromatic heterocycles. The fraction of sp³-hybridized carbons (Fsp3) is 0.538. The van der Waals surface area contributed by atoms with E-state index in [2.05, 4.69) is 53.4 Å². The quantitative estimate of drug-likeness (QED) is 0.677. The second kappa shape index (κ2) is 8.34. The summed E-state index contributed by atoms with van der Waals surface area (Å²) >= 11 is 0. The van der Waals surface area contributed by atoms with Gasteiger partial charge in [-0.05, 0) is 92.1 Å². The van der Waals surface area contributed by atoms with Crippen LogP contribution in [0.1, 0.15) is 60.3 Å². The Kier molecular flexibility index (Phi) is 5.70. The van der Waals surface area contributed by atoms with Crippen LogP contribution in [-0.4, -0.2) is 37.7 Å². The highest BCUT2D eigenvalue weighted by Gasteiger charge is 2.46. The van der Waals surface area contributed by atoms with Crippen molar-refractivity contribution >= 4 is 10.0 Å². The van der Waals surface area contributed by atoms with Crippen molar-refractivity contribution in [3.63, 3.8) is 0 Å². The van der Waals surface area contributed by atoms with Crippen molar-refractivity contribution < 1.29 is 8.42 Å². The Balaban J connectivity index is 1.37. The summed E-state index contributed by atoms with van der Waals surface area (Å²) in [4.78, 5) is 2.60. The van der Waals surface area contributed by atoms with Crippen molar-refractivity contribution in [3.05, 3.63) is 70.8 Å². The molecule has 1 saturated heterocycles. The number of benzene rings is 2. The topological polar surface area (TPSA) is 63.4 Å². The fourth-order valence-corrected chi connectivity index (χ4v) is 7.11. The second-order valence-electron chi connectivity index (χ2n) is 10.0. The number of hydrogen-bond acceptors (Lipinski definition) is 3. The first-order chi connectivity index (χ1) is 14.9. The summed E-state index contributed by atoms with van der Waals surface area (Å²) in [5, 5.41) is 5.59. The number of hydrogen-bond donors (Lipinski definition) is 1. The zero-order chi connectivity index (χ0) is 21.5. The number of aryl methyl sites for hydroxylation is 1. The maximum Gasteiger partial charge on any atom is 0.214 e. The van der Waals surface area contributed by atoms with Crippen LogP contribution in [0.4, 0.5) is 0 Å². The molecule has 2 fully saturated rings. The van der Waals surface area contributed by atoms with Crippen LogP contribution in [0.25, 0.3) is 0 Å². The van der Waals surface area contributed by atoms with Gasteiger partial charge in [0.05, 0.1) is 4.75 Å². The maximum atomic E-state index is 12.2. The highest BCUT2D eigenvalue weighted by molar-refractivity contribution is 7.90. The molecular formula is C26H34N2O2S. The lowest BCUT2D eigenvalue weighted by Gasteiger charge is -2.39. The molecule has 0 radical (unpaired) electrons. The van der Waals surface area contributed by atoms with Gasteiger partial charge in [-0.3, -0.25) is 0 Å². The van der Waals surface area contributed by atoms with Crippen LogP contribution < -0.4 is 5.14 Å². The molecule has 2 aromatic rings. The lowest BCUT2D eigenvalue weighted by Crippen LogP contribution is -2.49. The summed E-state index contributed by atoms with van der Waals surface area (Å²) in [5.74, 6) is 1.20. The molecule has 2 atom stereocenters. The third-order valence-electron chi connectivity index (χ3n) is 8.14. The Morgan fingerprint density at radius 3 is 2.39 bits per heavy atom. The molecule has 2 aromatic carbocycles. The smallest absolute Gasteiger partial charge is 0.214 e. The van der Waals surface area contributed by atoms with Crippen molar-refractivity contribution in [2.45, 2.75) is 62.0 Å². The van der Waals surface area contributed by atoms with Crippen LogP contribution in [0.3, 0.4) is 0 Å². The minimum absolute atomic E-state index is 0.536. The molecule has 1 saturated carbocycles. The summed E-state index contributed by atoms with van der Waals surface area (Å²) < 4.78 is 23.6. The third-order valence-corrected chi connectivity index (χ3v) is 9.96. The molecule has 2 unspecified atom stereocenters. The first kappa shape index (κ1) is 21.2. The Bertz CT molecular complexity index is 1030. The van der Waals surface area contributed by atoms with Gasteiger partial charge in [-0.2, -0.15) is 0 Å². The van der Waals surface area contributed by atoms with Gasteiger partial charge in [0.2, 0.25) is 10.0 Å². The largest absolute Gasteiger partial charge is 0.303 e. The molecule has 31 heavy (non-hydrogen) atoms. The van der Waals surface area contributed by atoms with E-state index in [0.717, 1.165) is 25.7 Å². The molecule has 1 aliphatic heterocycles. The molecule has 4 nitrogen and oxygen atoms in total. The number of rotatable bonds is 8. The zero-order valence-electron chi connectivity index (χ0n) is 18.3. The Morgan fingerprint density at radius 2 is 1.77 bits per heavy atom. The lowest BCUT2D eigenvalue weighted by molar-refractivity contribution is 0.145. The number of nitrogens with two attached hydrogens (primary N) is 1. The van der Waals surface area contributed by atoms with E-state index in [4.69, 9.17) is 5.14 Å². The maximum absolute atomic E-state index is 12.2. The van der Waals surface area contributed by atoms with Crippen molar-refractivity contribution in [2.75, 3.05) is 19.6 Å². The summed E-state index contributed by atoms with van der Waals surface area (Å²) in [5.41, 5.74) is 5.64. The molecule has 2 aliphatic carbocycles. The summed E-state index contributed by atoms with van der Waals surface area (Å²) in [7, 11) is -3.49. The van der Waals surface area contributed by atoms with Gasteiger partial charge in [-0.25, -0.2) is 13.6 Å². The van der Waals surface area contributed by atoms with Gasteiger partial charge in [0.15, 0.2) is 0 Å². The van der Waals surface area contributed by atoms with Crippen LogP contribution in [0.2, 0.25) is 0 Å². The second-order valence-corrected chi connectivity index (χ2v) is 12.0. The van der Waals surface area contributed by atoms with Crippen LogP contribution >= 0.6 is 0 Å². The van der Waals surface area contributed by atoms with E-state index in [-0.39, 0.29) is 0 Å². The predicted octanol–water partition coefficient (Wildman–Crippen LogP) is 4.03. The average Bonchev–Trinajstić information content (AvgIpc) is 3.00. The Morgan fingerprint density at radius 1 is 1.00 bits per heavy atom. The Labute approximate surface area is 186 Å². The van der Waals surface area contributed by atoms with Gasteiger partial charge in [-0.1, -0.05) is 55.0 Å². The number of sulfonamides is 1. The van der Waals surface area contributed by atoms with Crippen molar-refractivity contribution in [2.24, 2.45) is 11.1 Å². The highest BCUT2D eigenvalue weighted by Crippen LogP contribution is 2.44. The van der Waals surface area contributed by atoms with E-state index >= 15 is 0 Å². The van der Waals surface area contributed by atoms with Crippen LogP contribution in [-0.2, 0) is 29.3 Å². The number of primary sulfonamides is 1. The van der Waals surface area contributed by atoms with Crippen molar-refractivity contribution in [1.82, 2.24) is 4.90 Å². The van der Waals surface area contributed by atoms with Gasteiger partial charge in [-0.15, -0.1) is 0 Å². The highest BCUT2D eigenvalue weighted by atomic mass is 32.2. The molecular weight excluding hydrogens is 404 g/mol. The van der Waals surface area contributed by atoms with Gasteiger partial charge in [0.1, 0.15) is 0 Å². The Hall–Kier alpha value is -1.69. The van der Waals surface area contributed by atoms with E-state index in [0.29, 0.717) is 31.1 Å². The van der Waals surface area contributed by atoms with E-state index in [1.54, 1.807) is 0 Å². The third kappa shape index (κ3) is 4.20. The van der Waals surface area contributed by atoms with Gasteiger partial charge in [0, 0.05) is 6.54 Å². The van der Waals surface area contributed by atoms with Gasteiger partial charge >= 0.3 is 0 Å². The summed E-state index contributed by atoms with van der Waals surface area (Å²) in [6.07, 6.45) is 7.40. The summed E-state index contributed by atoms with van der Waals surface area (Å²) in [6, 6.07) is 17.8. The van der Waals surface area contributed by atoms with Crippen LogP contribution in [0.15, 0.2) is 48.5 Å². The molecule has 1 heterocycles. The summed E-state index contributed by atoms with van der Waals surface area (Å²) in [6.45, 7) is 3.67.